The number of unbranched alkanes of at least 4 members (excludes halogenated alkanes) is 1. The van der Waals surface area contributed by atoms with Crippen LogP contribution in [0.5, 0.6) is 5.75 Å². The first-order chi connectivity index (χ1) is 18.2. The molecule has 0 aliphatic rings. The van der Waals surface area contributed by atoms with Gasteiger partial charge in [-0.25, -0.2) is 0 Å². The highest BCUT2D eigenvalue weighted by atomic mass is 16.6. The molecule has 0 heterocycles. The number of ether oxygens (including phenoxy) is 1. The van der Waals surface area contributed by atoms with Gasteiger partial charge in [0.2, 0.25) is 0 Å². The summed E-state index contributed by atoms with van der Waals surface area (Å²) >= 11 is 0. The molecular formula is C33H42N2O3. The largest absolute Gasteiger partial charge is 0.489 e. The van der Waals surface area contributed by atoms with E-state index in [4.69, 9.17) is 26.8 Å². The fourth-order valence-electron chi connectivity index (χ4n) is 3.29. The van der Waals surface area contributed by atoms with Crippen LogP contribution in [0.1, 0.15) is 70.6 Å². The van der Waals surface area contributed by atoms with Crippen LogP contribution in [0.3, 0.4) is 0 Å². The summed E-state index contributed by atoms with van der Waals surface area (Å²) in [5.74, 6) is 4.35. The molecule has 5 heteroatoms. The zero-order valence-corrected chi connectivity index (χ0v) is 23.7. The van der Waals surface area contributed by atoms with Gasteiger partial charge < -0.3 is 20.4 Å². The number of fused-ring (bicyclic) bond motifs is 1. The maximum absolute atomic E-state index is 7.00. The van der Waals surface area contributed by atoms with Crippen molar-refractivity contribution in [2.24, 2.45) is 10.9 Å². The van der Waals surface area contributed by atoms with Gasteiger partial charge in [-0.15, -0.1) is 6.42 Å². The number of hydrogen-bond acceptors (Lipinski definition) is 5. The van der Waals surface area contributed by atoms with Crippen molar-refractivity contribution in [2.75, 3.05) is 7.11 Å². The zero-order valence-electron chi connectivity index (χ0n) is 23.7. The van der Waals surface area contributed by atoms with E-state index in [0.29, 0.717) is 12.3 Å². The molecule has 0 aromatic heterocycles. The molecule has 0 radical (unpaired) electrons. The second-order valence-corrected chi connectivity index (χ2v) is 8.91. The SMILES string of the molecule is C#Cc1ccc(COc2ccc3cc(/C(C)=N/O/C(C)=C(\C)CCCC)ccc3c2)cc1.C=C(C)N.CO. The Morgan fingerprint density at radius 3 is 2.18 bits per heavy atom. The van der Waals surface area contributed by atoms with Gasteiger partial charge in [0, 0.05) is 12.7 Å². The van der Waals surface area contributed by atoms with Crippen LogP contribution in [0.15, 0.2) is 89.4 Å². The van der Waals surface area contributed by atoms with E-state index in [2.05, 4.69) is 61.8 Å². The van der Waals surface area contributed by atoms with Crippen molar-refractivity contribution in [1.82, 2.24) is 0 Å². The molecule has 3 rings (SSSR count). The van der Waals surface area contributed by atoms with E-state index in [1.54, 1.807) is 6.92 Å². The number of aliphatic hydroxyl groups excluding tert-OH is 1. The Hall–Kier alpha value is -4.01. The molecular weight excluding hydrogens is 472 g/mol. The number of terminal acetylenes is 1. The lowest BCUT2D eigenvalue weighted by Gasteiger charge is -2.09. The summed E-state index contributed by atoms with van der Waals surface area (Å²) < 4.78 is 5.97. The van der Waals surface area contributed by atoms with Crippen LogP contribution in [0.4, 0.5) is 0 Å². The van der Waals surface area contributed by atoms with Crippen LogP contribution in [0, 0.1) is 12.3 Å². The highest BCUT2D eigenvalue weighted by molar-refractivity contribution is 6.01. The minimum atomic E-state index is 0.502. The summed E-state index contributed by atoms with van der Waals surface area (Å²) in [5, 5.41) is 13.6. The smallest absolute Gasteiger partial charge is 0.130 e. The van der Waals surface area contributed by atoms with Crippen molar-refractivity contribution in [3.05, 3.63) is 101 Å². The van der Waals surface area contributed by atoms with Crippen molar-refractivity contribution < 1.29 is 14.7 Å². The van der Waals surface area contributed by atoms with Gasteiger partial charge >= 0.3 is 0 Å². The van der Waals surface area contributed by atoms with E-state index >= 15 is 0 Å². The summed E-state index contributed by atoms with van der Waals surface area (Å²) in [6.07, 6.45) is 8.80. The molecule has 38 heavy (non-hydrogen) atoms. The third kappa shape index (κ3) is 11.4. The fraction of sp³-hybridized carbons (Fsp3) is 0.303. The molecule has 3 aromatic carbocycles. The van der Waals surface area contributed by atoms with E-state index in [0.717, 1.165) is 58.2 Å². The number of aliphatic hydroxyl groups is 1. The van der Waals surface area contributed by atoms with Crippen molar-refractivity contribution in [2.45, 2.75) is 60.5 Å². The number of rotatable bonds is 9. The third-order valence-electron chi connectivity index (χ3n) is 5.58. The molecule has 5 nitrogen and oxygen atoms in total. The van der Waals surface area contributed by atoms with E-state index in [9.17, 15) is 0 Å². The van der Waals surface area contributed by atoms with Gasteiger partial charge in [-0.2, -0.15) is 0 Å². The van der Waals surface area contributed by atoms with Crippen LogP contribution in [-0.2, 0) is 11.4 Å². The van der Waals surface area contributed by atoms with Gasteiger partial charge in [0.05, 0.1) is 5.71 Å². The Bertz CT molecular complexity index is 1260. The Balaban J connectivity index is 0.00000110. The molecule has 0 spiro atoms. The average molecular weight is 515 g/mol. The van der Waals surface area contributed by atoms with Crippen LogP contribution in [-0.4, -0.2) is 17.9 Å². The Kier molecular flexibility index (Phi) is 14.7. The van der Waals surface area contributed by atoms with Gasteiger partial charge in [0.15, 0.2) is 0 Å². The maximum atomic E-state index is 7.00. The second kappa shape index (κ2) is 17.4. The van der Waals surface area contributed by atoms with Gasteiger partial charge in [-0.1, -0.05) is 61.3 Å². The van der Waals surface area contributed by atoms with E-state index in [1.165, 1.54) is 18.4 Å². The van der Waals surface area contributed by atoms with Gasteiger partial charge in [0.1, 0.15) is 18.1 Å². The summed E-state index contributed by atoms with van der Waals surface area (Å²) in [5.41, 5.74) is 10.7. The number of allylic oxidation sites excluding steroid dienone is 3. The zero-order chi connectivity index (χ0) is 28.5. The highest BCUT2D eigenvalue weighted by Crippen LogP contribution is 2.23. The lowest BCUT2D eigenvalue weighted by atomic mass is 10.0. The normalized spacial score (nSPS) is 11.2. The summed E-state index contributed by atoms with van der Waals surface area (Å²) in [7, 11) is 1.00. The molecule has 0 aliphatic carbocycles. The third-order valence-corrected chi connectivity index (χ3v) is 5.58. The van der Waals surface area contributed by atoms with Crippen LogP contribution < -0.4 is 10.5 Å². The molecule has 202 valence electrons. The van der Waals surface area contributed by atoms with Crippen LogP contribution in [0.25, 0.3) is 10.8 Å². The monoisotopic (exact) mass is 514 g/mol. The van der Waals surface area contributed by atoms with E-state index in [1.807, 2.05) is 44.2 Å². The lowest BCUT2D eigenvalue weighted by molar-refractivity contribution is 0.224. The van der Waals surface area contributed by atoms with Crippen LogP contribution in [0.2, 0.25) is 0 Å². The van der Waals surface area contributed by atoms with E-state index in [-0.39, 0.29) is 0 Å². The summed E-state index contributed by atoms with van der Waals surface area (Å²) in [4.78, 5) is 5.67. The first-order valence-corrected chi connectivity index (χ1v) is 12.7. The Morgan fingerprint density at radius 2 is 1.58 bits per heavy atom. The predicted octanol–water partition coefficient (Wildman–Crippen LogP) is 7.71. The molecule has 0 bridgehead atoms. The standard InChI is InChI=1S/C29H31NO2.C3H7N.CH4O/c1-6-8-9-21(3)23(5)32-30-22(4)26-14-15-28-19-29(17-16-27(28)18-26)31-20-25-12-10-24(7-2)11-13-25;1-3(2)4;1-2/h2,10-19H,6,8-9,20H2,1,3-5H3;1,4H2,2H3;2H,1H3/b23-21+,30-22+;;. The molecule has 0 amide bonds. The van der Waals surface area contributed by atoms with Crippen molar-refractivity contribution in [3.8, 4) is 18.1 Å². The van der Waals surface area contributed by atoms with Crippen molar-refractivity contribution in [1.29, 1.82) is 0 Å². The number of nitrogens with zero attached hydrogens (tertiary/aromatic N) is 1. The Morgan fingerprint density at radius 1 is 0.974 bits per heavy atom. The fourth-order valence-corrected chi connectivity index (χ4v) is 3.29. The maximum Gasteiger partial charge on any atom is 0.130 e. The predicted molar refractivity (Wildman–Crippen MR) is 161 cm³/mol. The molecule has 0 saturated carbocycles. The number of oxime groups is 1. The molecule has 3 N–H and O–H groups in total. The molecule has 0 fully saturated rings. The minimum absolute atomic E-state index is 0.502. The Labute approximate surface area is 228 Å². The number of benzene rings is 3. The molecule has 3 aromatic rings. The van der Waals surface area contributed by atoms with Crippen molar-refractivity contribution >= 4 is 16.5 Å². The second-order valence-electron chi connectivity index (χ2n) is 8.91. The molecule has 0 unspecified atom stereocenters. The molecule has 0 atom stereocenters. The topological polar surface area (TPSA) is 77.1 Å². The lowest BCUT2D eigenvalue weighted by Crippen LogP contribution is -1.98. The summed E-state index contributed by atoms with van der Waals surface area (Å²) in [6, 6.07) is 20.3. The number of nitrogens with two attached hydrogens (primary N) is 1. The summed E-state index contributed by atoms with van der Waals surface area (Å²) in [6.45, 7) is 13.8. The quantitative estimate of drug-likeness (QED) is 0.133. The minimum Gasteiger partial charge on any atom is -0.489 e. The first-order valence-electron chi connectivity index (χ1n) is 12.7. The molecule has 0 saturated heterocycles. The average Bonchev–Trinajstić information content (AvgIpc) is 2.93. The molecule has 0 aliphatic heterocycles. The van der Waals surface area contributed by atoms with Crippen LogP contribution >= 0.6 is 0 Å². The van der Waals surface area contributed by atoms with Crippen molar-refractivity contribution in [3.63, 3.8) is 0 Å². The van der Waals surface area contributed by atoms with Gasteiger partial charge in [-0.05, 0) is 104 Å². The first kappa shape index (κ1) is 32.0. The highest BCUT2D eigenvalue weighted by Gasteiger charge is 2.05. The number of hydrogen-bond donors (Lipinski definition) is 2. The van der Waals surface area contributed by atoms with Gasteiger partial charge in [-0.3, -0.25) is 0 Å². The van der Waals surface area contributed by atoms with E-state index < -0.39 is 0 Å². The van der Waals surface area contributed by atoms with Gasteiger partial charge in [0.25, 0.3) is 0 Å².